The van der Waals surface area contributed by atoms with E-state index in [0.717, 1.165) is 29.2 Å². The van der Waals surface area contributed by atoms with E-state index in [4.69, 9.17) is 14.2 Å². The van der Waals surface area contributed by atoms with Crippen LogP contribution >= 0.6 is 0 Å². The van der Waals surface area contributed by atoms with Crippen molar-refractivity contribution in [3.8, 4) is 11.5 Å². The van der Waals surface area contributed by atoms with E-state index in [2.05, 4.69) is 10.6 Å². The van der Waals surface area contributed by atoms with Crippen molar-refractivity contribution in [3.63, 3.8) is 0 Å². The molecule has 0 atom stereocenters. The van der Waals surface area contributed by atoms with Crippen molar-refractivity contribution < 1.29 is 23.4 Å². The Bertz CT molecular complexity index is 1190. The molecular formula is C30H35FN2O4. The molecule has 0 spiro atoms. The summed E-state index contributed by atoms with van der Waals surface area (Å²) in [5.74, 6) is 1.67. The van der Waals surface area contributed by atoms with Gasteiger partial charge in [-0.15, -0.1) is 0 Å². The first-order valence-electron chi connectivity index (χ1n) is 12.7. The van der Waals surface area contributed by atoms with E-state index in [1.165, 1.54) is 18.9 Å². The van der Waals surface area contributed by atoms with Crippen LogP contribution in [0.1, 0.15) is 50.3 Å². The van der Waals surface area contributed by atoms with Gasteiger partial charge in [0.05, 0.1) is 12.3 Å². The largest absolute Gasteiger partial charge is 0.493 e. The average Bonchev–Trinajstić information content (AvgIpc) is 3.68. The molecule has 0 aliphatic heterocycles. The van der Waals surface area contributed by atoms with Gasteiger partial charge in [0, 0.05) is 30.3 Å². The van der Waals surface area contributed by atoms with E-state index < -0.39 is 17.5 Å². The van der Waals surface area contributed by atoms with Crippen molar-refractivity contribution in [2.24, 2.45) is 5.92 Å². The number of benzene rings is 3. The molecule has 1 aliphatic rings. The van der Waals surface area contributed by atoms with Gasteiger partial charge < -0.3 is 19.5 Å². The Kier molecular flexibility index (Phi) is 8.66. The van der Waals surface area contributed by atoms with E-state index in [1.54, 1.807) is 32.9 Å². The lowest BCUT2D eigenvalue weighted by Gasteiger charge is -2.20. The van der Waals surface area contributed by atoms with Gasteiger partial charge in [0.25, 0.3) is 0 Å². The second kappa shape index (κ2) is 12.1. The summed E-state index contributed by atoms with van der Waals surface area (Å²) >= 11 is 0. The van der Waals surface area contributed by atoms with Gasteiger partial charge in [-0.2, -0.15) is 0 Å². The lowest BCUT2D eigenvalue weighted by molar-refractivity contribution is 0.0635. The highest BCUT2D eigenvalue weighted by Crippen LogP contribution is 2.31. The van der Waals surface area contributed by atoms with Crippen LogP contribution in [-0.2, 0) is 24.4 Å². The van der Waals surface area contributed by atoms with Gasteiger partial charge in [0.1, 0.15) is 23.7 Å². The standard InChI is InChI=1S/C30H35FN2O4/c1-30(2,3)37-29(34)33-26-11-7-10-24(28(26)31)18-32-17-23-14-15-25(35-19-22-12-13-22)16-27(23)36-20-21-8-5-4-6-9-21/h4-11,14-16,22,32H,12-13,17-20H2,1-3H3,(H,33,34). The monoisotopic (exact) mass is 506 g/mol. The van der Waals surface area contributed by atoms with E-state index in [-0.39, 0.29) is 12.2 Å². The quantitative estimate of drug-likeness (QED) is 0.298. The molecule has 0 radical (unpaired) electrons. The topological polar surface area (TPSA) is 68.8 Å². The second-order valence-corrected chi connectivity index (χ2v) is 10.3. The highest BCUT2D eigenvalue weighted by molar-refractivity contribution is 5.85. The lowest BCUT2D eigenvalue weighted by atomic mass is 10.1. The molecule has 0 aromatic heterocycles. The van der Waals surface area contributed by atoms with Crippen LogP contribution in [0.25, 0.3) is 0 Å². The normalized spacial score (nSPS) is 13.2. The molecule has 7 heteroatoms. The summed E-state index contributed by atoms with van der Waals surface area (Å²) in [6.07, 6.45) is 1.76. The van der Waals surface area contributed by atoms with Gasteiger partial charge in [0.2, 0.25) is 0 Å². The molecule has 4 rings (SSSR count). The molecule has 0 unspecified atom stereocenters. The van der Waals surface area contributed by atoms with Gasteiger partial charge in [0.15, 0.2) is 5.82 Å². The smallest absolute Gasteiger partial charge is 0.412 e. The fourth-order valence-electron chi connectivity index (χ4n) is 3.70. The summed E-state index contributed by atoms with van der Waals surface area (Å²) in [5.41, 5.74) is 1.86. The van der Waals surface area contributed by atoms with Gasteiger partial charge in [-0.05, 0) is 57.2 Å². The van der Waals surface area contributed by atoms with Crippen molar-refractivity contribution in [2.75, 3.05) is 11.9 Å². The maximum atomic E-state index is 15.0. The minimum atomic E-state index is -0.694. The molecule has 3 aromatic carbocycles. The molecule has 2 N–H and O–H groups in total. The summed E-state index contributed by atoms with van der Waals surface area (Å²) in [6, 6.07) is 20.7. The van der Waals surface area contributed by atoms with Crippen LogP contribution in [0, 0.1) is 11.7 Å². The van der Waals surface area contributed by atoms with E-state index in [0.29, 0.717) is 24.6 Å². The van der Waals surface area contributed by atoms with Crippen LogP contribution in [0.3, 0.4) is 0 Å². The Morgan fingerprint density at radius 2 is 1.70 bits per heavy atom. The average molecular weight is 507 g/mol. The van der Waals surface area contributed by atoms with Crippen LogP contribution in [0.2, 0.25) is 0 Å². The van der Waals surface area contributed by atoms with Crippen molar-refractivity contribution in [1.29, 1.82) is 0 Å². The molecule has 1 amide bonds. The molecule has 0 bridgehead atoms. The highest BCUT2D eigenvalue weighted by Gasteiger charge is 2.22. The molecule has 196 valence electrons. The molecule has 0 heterocycles. The fraction of sp³-hybridized carbons (Fsp3) is 0.367. The first-order chi connectivity index (χ1) is 17.8. The maximum Gasteiger partial charge on any atom is 0.412 e. The Labute approximate surface area is 218 Å². The Hall–Kier alpha value is -3.58. The number of carbonyl (C=O) groups is 1. The summed E-state index contributed by atoms with van der Waals surface area (Å²) in [7, 11) is 0. The molecule has 1 aliphatic carbocycles. The number of rotatable bonds is 11. The predicted molar refractivity (Wildman–Crippen MR) is 142 cm³/mol. The molecular weight excluding hydrogens is 471 g/mol. The van der Waals surface area contributed by atoms with Crippen molar-refractivity contribution in [2.45, 2.75) is 58.9 Å². The number of ether oxygens (including phenoxy) is 3. The number of halogens is 1. The molecule has 37 heavy (non-hydrogen) atoms. The summed E-state index contributed by atoms with van der Waals surface area (Å²) in [5, 5.41) is 5.78. The maximum absolute atomic E-state index is 15.0. The van der Waals surface area contributed by atoms with E-state index in [1.807, 2.05) is 48.5 Å². The van der Waals surface area contributed by atoms with Gasteiger partial charge in [-0.25, -0.2) is 9.18 Å². The third kappa shape index (κ3) is 8.50. The molecule has 1 fully saturated rings. The number of nitrogens with one attached hydrogen (secondary N) is 2. The third-order valence-electron chi connectivity index (χ3n) is 5.80. The summed E-state index contributed by atoms with van der Waals surface area (Å²) in [4.78, 5) is 12.1. The SMILES string of the molecule is CC(C)(C)OC(=O)Nc1cccc(CNCc2ccc(OCC3CC3)cc2OCc2ccccc2)c1F. The Morgan fingerprint density at radius 1 is 0.946 bits per heavy atom. The van der Waals surface area contributed by atoms with E-state index >= 15 is 4.39 Å². The summed E-state index contributed by atoms with van der Waals surface area (Å²) in [6.45, 7) is 7.17. The van der Waals surface area contributed by atoms with Crippen molar-refractivity contribution in [1.82, 2.24) is 5.32 Å². The van der Waals surface area contributed by atoms with Crippen LogP contribution in [-0.4, -0.2) is 18.3 Å². The minimum absolute atomic E-state index is 0.0811. The van der Waals surface area contributed by atoms with Crippen LogP contribution in [0.5, 0.6) is 11.5 Å². The zero-order chi connectivity index (χ0) is 26.3. The third-order valence-corrected chi connectivity index (χ3v) is 5.80. The molecule has 3 aromatic rings. The van der Waals surface area contributed by atoms with Gasteiger partial charge in [-0.1, -0.05) is 48.5 Å². The number of anilines is 1. The highest BCUT2D eigenvalue weighted by atomic mass is 19.1. The molecule has 1 saturated carbocycles. The van der Waals surface area contributed by atoms with Crippen LogP contribution in [0.4, 0.5) is 14.9 Å². The number of carbonyl (C=O) groups excluding carboxylic acids is 1. The Balaban J connectivity index is 1.39. The lowest BCUT2D eigenvalue weighted by Crippen LogP contribution is -2.27. The predicted octanol–water partition coefficient (Wildman–Crippen LogP) is 6.83. The Morgan fingerprint density at radius 3 is 2.43 bits per heavy atom. The van der Waals surface area contributed by atoms with Crippen LogP contribution < -0.4 is 20.1 Å². The minimum Gasteiger partial charge on any atom is -0.493 e. The van der Waals surface area contributed by atoms with E-state index in [9.17, 15) is 4.79 Å². The number of hydrogen-bond donors (Lipinski definition) is 2. The zero-order valence-corrected chi connectivity index (χ0v) is 21.7. The molecule has 0 saturated heterocycles. The van der Waals surface area contributed by atoms with Crippen LogP contribution in [0.15, 0.2) is 66.7 Å². The van der Waals surface area contributed by atoms with Crippen molar-refractivity contribution >= 4 is 11.8 Å². The molecule has 6 nitrogen and oxygen atoms in total. The second-order valence-electron chi connectivity index (χ2n) is 10.3. The van der Waals surface area contributed by atoms with Gasteiger partial charge >= 0.3 is 6.09 Å². The van der Waals surface area contributed by atoms with Crippen molar-refractivity contribution in [3.05, 3.63) is 89.2 Å². The van der Waals surface area contributed by atoms with Gasteiger partial charge in [-0.3, -0.25) is 5.32 Å². The summed E-state index contributed by atoms with van der Waals surface area (Å²) < 4.78 is 32.4. The number of amides is 1. The zero-order valence-electron chi connectivity index (χ0n) is 21.7. The first-order valence-corrected chi connectivity index (χ1v) is 12.7. The fourth-order valence-corrected chi connectivity index (χ4v) is 3.70. The number of hydrogen-bond acceptors (Lipinski definition) is 5. The first kappa shape index (κ1) is 26.5.